The summed E-state index contributed by atoms with van der Waals surface area (Å²) in [4.78, 5) is 33.8. The molecule has 0 aliphatic heterocycles. The van der Waals surface area contributed by atoms with E-state index in [-0.39, 0.29) is 17.0 Å². The van der Waals surface area contributed by atoms with Gasteiger partial charge in [-0.1, -0.05) is 6.07 Å². The molecule has 1 unspecified atom stereocenters. The predicted molar refractivity (Wildman–Crippen MR) is 82.4 cm³/mol. The standard InChI is InChI=1S/C15H20N2O6/c1-14(2,3)23-13(19)16-15(4,9-18)10-6-7-12(22-5)11(8-10)17(20)21/h6-9H,1-5H3,(H,16,19). The lowest BCUT2D eigenvalue weighted by Crippen LogP contribution is -2.46. The molecule has 8 nitrogen and oxygen atoms in total. The van der Waals surface area contributed by atoms with E-state index in [9.17, 15) is 19.7 Å². The van der Waals surface area contributed by atoms with Crippen LogP contribution in [0.2, 0.25) is 0 Å². The first-order valence-electron chi connectivity index (χ1n) is 6.83. The zero-order valence-corrected chi connectivity index (χ0v) is 13.7. The molecule has 0 radical (unpaired) electrons. The van der Waals surface area contributed by atoms with Crippen molar-refractivity contribution in [3.05, 3.63) is 33.9 Å². The van der Waals surface area contributed by atoms with Crippen molar-refractivity contribution in [2.75, 3.05) is 7.11 Å². The van der Waals surface area contributed by atoms with Crippen LogP contribution in [0.25, 0.3) is 0 Å². The lowest BCUT2D eigenvalue weighted by atomic mass is 9.93. The second-order valence-electron chi connectivity index (χ2n) is 6.09. The summed E-state index contributed by atoms with van der Waals surface area (Å²) in [6, 6.07) is 4.02. The number of carbonyl (C=O) groups excluding carboxylic acids is 2. The maximum atomic E-state index is 11.9. The largest absolute Gasteiger partial charge is 0.490 e. The molecule has 126 valence electrons. The molecule has 1 aromatic carbocycles. The van der Waals surface area contributed by atoms with Gasteiger partial charge in [-0.2, -0.15) is 0 Å². The Labute approximate surface area is 133 Å². The lowest BCUT2D eigenvalue weighted by Gasteiger charge is -2.27. The number of rotatable bonds is 5. The van der Waals surface area contributed by atoms with Gasteiger partial charge in [0.15, 0.2) is 5.75 Å². The number of methoxy groups -OCH3 is 1. The highest BCUT2D eigenvalue weighted by Crippen LogP contribution is 2.31. The molecule has 0 aliphatic carbocycles. The summed E-state index contributed by atoms with van der Waals surface area (Å²) in [5, 5.41) is 13.5. The molecule has 23 heavy (non-hydrogen) atoms. The Morgan fingerprint density at radius 3 is 2.35 bits per heavy atom. The summed E-state index contributed by atoms with van der Waals surface area (Å²) in [6.07, 6.45) is -0.312. The van der Waals surface area contributed by atoms with Crippen LogP contribution in [-0.4, -0.2) is 30.0 Å². The molecule has 0 saturated carbocycles. The number of ether oxygens (including phenoxy) is 2. The van der Waals surface area contributed by atoms with E-state index in [2.05, 4.69) is 5.32 Å². The summed E-state index contributed by atoms with van der Waals surface area (Å²) in [5.41, 5.74) is -2.27. The van der Waals surface area contributed by atoms with Gasteiger partial charge in [0, 0.05) is 6.07 Å². The zero-order chi connectivity index (χ0) is 17.8. The minimum Gasteiger partial charge on any atom is -0.490 e. The minimum atomic E-state index is -1.47. The van der Waals surface area contributed by atoms with Crippen molar-refractivity contribution in [1.82, 2.24) is 5.32 Å². The third-order valence-electron chi connectivity index (χ3n) is 2.97. The number of hydrogen-bond donors (Lipinski definition) is 1. The van der Waals surface area contributed by atoms with Crippen LogP contribution in [0.5, 0.6) is 5.75 Å². The monoisotopic (exact) mass is 324 g/mol. The third-order valence-corrected chi connectivity index (χ3v) is 2.97. The van der Waals surface area contributed by atoms with Crippen LogP contribution in [-0.2, 0) is 15.1 Å². The van der Waals surface area contributed by atoms with Crippen LogP contribution < -0.4 is 10.1 Å². The highest BCUT2D eigenvalue weighted by Gasteiger charge is 2.32. The summed E-state index contributed by atoms with van der Waals surface area (Å²) in [6.45, 7) is 6.48. The van der Waals surface area contributed by atoms with E-state index in [0.717, 1.165) is 0 Å². The number of aldehydes is 1. The van der Waals surface area contributed by atoms with E-state index in [1.807, 2.05) is 0 Å². The zero-order valence-electron chi connectivity index (χ0n) is 13.7. The second-order valence-corrected chi connectivity index (χ2v) is 6.09. The Kier molecular flexibility index (Phi) is 5.31. The van der Waals surface area contributed by atoms with Crippen LogP contribution >= 0.6 is 0 Å². The number of nitro groups is 1. The van der Waals surface area contributed by atoms with Gasteiger partial charge < -0.3 is 19.6 Å². The number of alkyl carbamates (subject to hydrolysis) is 1. The first kappa shape index (κ1) is 18.4. The van der Waals surface area contributed by atoms with Crippen molar-refractivity contribution < 1.29 is 24.0 Å². The maximum absolute atomic E-state index is 11.9. The summed E-state index contributed by atoms with van der Waals surface area (Å²) >= 11 is 0. The molecular formula is C15H20N2O6. The van der Waals surface area contributed by atoms with E-state index in [1.54, 1.807) is 20.8 Å². The smallest absolute Gasteiger partial charge is 0.408 e. The van der Waals surface area contributed by atoms with E-state index in [0.29, 0.717) is 6.29 Å². The Bertz CT molecular complexity index is 623. The van der Waals surface area contributed by atoms with E-state index in [1.165, 1.54) is 32.2 Å². The summed E-state index contributed by atoms with van der Waals surface area (Å²) < 4.78 is 10.0. The van der Waals surface area contributed by atoms with Crippen molar-refractivity contribution in [3.63, 3.8) is 0 Å². The normalized spacial score (nSPS) is 13.6. The molecular weight excluding hydrogens is 304 g/mol. The van der Waals surface area contributed by atoms with Crippen LogP contribution in [0.3, 0.4) is 0 Å². The molecule has 0 bridgehead atoms. The molecule has 1 rings (SSSR count). The number of nitrogens with zero attached hydrogens (tertiary/aromatic N) is 1. The van der Waals surface area contributed by atoms with Gasteiger partial charge in [0.2, 0.25) is 0 Å². The molecule has 0 heterocycles. The first-order chi connectivity index (χ1) is 10.5. The third kappa shape index (κ3) is 4.67. The molecule has 8 heteroatoms. The number of carbonyl (C=O) groups is 2. The van der Waals surface area contributed by atoms with Crippen molar-refractivity contribution in [2.45, 2.75) is 38.8 Å². The molecule has 1 amide bonds. The summed E-state index contributed by atoms with van der Waals surface area (Å²) in [5.74, 6) is 0.0595. The Morgan fingerprint density at radius 2 is 1.91 bits per heavy atom. The van der Waals surface area contributed by atoms with Crippen molar-refractivity contribution in [2.24, 2.45) is 0 Å². The lowest BCUT2D eigenvalue weighted by molar-refractivity contribution is -0.385. The van der Waals surface area contributed by atoms with Crippen molar-refractivity contribution >= 4 is 18.1 Å². The van der Waals surface area contributed by atoms with Crippen LogP contribution in [0, 0.1) is 10.1 Å². The minimum absolute atomic E-state index is 0.0595. The van der Waals surface area contributed by atoms with Crippen molar-refractivity contribution in [1.29, 1.82) is 0 Å². The molecule has 1 aromatic rings. The van der Waals surface area contributed by atoms with Gasteiger partial charge in [-0.3, -0.25) is 10.1 Å². The van der Waals surface area contributed by atoms with Gasteiger partial charge in [-0.15, -0.1) is 0 Å². The maximum Gasteiger partial charge on any atom is 0.408 e. The van der Waals surface area contributed by atoms with Gasteiger partial charge in [-0.25, -0.2) is 4.79 Å². The fraction of sp³-hybridized carbons (Fsp3) is 0.467. The number of benzene rings is 1. The van der Waals surface area contributed by atoms with Crippen LogP contribution in [0.4, 0.5) is 10.5 Å². The van der Waals surface area contributed by atoms with Gasteiger partial charge in [-0.05, 0) is 39.3 Å². The molecule has 0 fully saturated rings. The first-order valence-corrected chi connectivity index (χ1v) is 6.83. The SMILES string of the molecule is COc1ccc(C(C)(C=O)NC(=O)OC(C)(C)C)cc1[N+](=O)[O-]. The highest BCUT2D eigenvalue weighted by molar-refractivity contribution is 5.78. The predicted octanol–water partition coefficient (Wildman–Crippen LogP) is 2.54. The average molecular weight is 324 g/mol. The van der Waals surface area contributed by atoms with E-state index >= 15 is 0 Å². The van der Waals surface area contributed by atoms with Gasteiger partial charge in [0.25, 0.3) is 0 Å². The second kappa shape index (κ2) is 6.64. The molecule has 0 spiro atoms. The Morgan fingerprint density at radius 1 is 1.30 bits per heavy atom. The number of nitrogens with one attached hydrogen (secondary N) is 1. The quantitative estimate of drug-likeness (QED) is 0.506. The average Bonchev–Trinajstić information content (AvgIpc) is 2.44. The van der Waals surface area contributed by atoms with Crippen LogP contribution in [0.1, 0.15) is 33.3 Å². The van der Waals surface area contributed by atoms with E-state index in [4.69, 9.17) is 9.47 Å². The number of amides is 1. The Hall–Kier alpha value is -2.64. The fourth-order valence-electron chi connectivity index (χ4n) is 1.84. The molecule has 1 N–H and O–H groups in total. The highest BCUT2D eigenvalue weighted by atomic mass is 16.6. The number of hydrogen-bond acceptors (Lipinski definition) is 6. The molecule has 0 aromatic heterocycles. The topological polar surface area (TPSA) is 108 Å². The fourth-order valence-corrected chi connectivity index (χ4v) is 1.84. The van der Waals surface area contributed by atoms with Gasteiger partial charge in [0.1, 0.15) is 17.4 Å². The number of nitro benzene ring substituents is 1. The van der Waals surface area contributed by atoms with Gasteiger partial charge >= 0.3 is 11.8 Å². The molecule has 1 atom stereocenters. The molecule has 0 aliphatic rings. The molecule has 0 saturated heterocycles. The van der Waals surface area contributed by atoms with Crippen molar-refractivity contribution in [3.8, 4) is 5.75 Å². The van der Waals surface area contributed by atoms with E-state index < -0.39 is 22.2 Å². The summed E-state index contributed by atoms with van der Waals surface area (Å²) in [7, 11) is 1.31. The van der Waals surface area contributed by atoms with Crippen LogP contribution in [0.15, 0.2) is 18.2 Å². The Balaban J connectivity index is 3.18. The van der Waals surface area contributed by atoms with Gasteiger partial charge in [0.05, 0.1) is 12.0 Å².